The van der Waals surface area contributed by atoms with Crippen molar-refractivity contribution in [1.29, 1.82) is 0 Å². The molecule has 0 bridgehead atoms. The second kappa shape index (κ2) is 3.93. The van der Waals surface area contributed by atoms with Crippen molar-refractivity contribution in [3.05, 3.63) is 6.92 Å². The molecular formula is C6H14NO2S. The molecule has 0 aliphatic heterocycles. The van der Waals surface area contributed by atoms with Crippen molar-refractivity contribution in [1.82, 2.24) is 0 Å². The first kappa shape index (κ1) is 9.91. The van der Waals surface area contributed by atoms with Crippen LogP contribution in [0, 0.1) is 6.92 Å². The normalized spacial score (nSPS) is 15.1. The van der Waals surface area contributed by atoms with E-state index in [1.807, 2.05) is 6.92 Å². The Kier molecular flexibility index (Phi) is 3.89. The number of nitrogens with two attached hydrogens (primary N) is 1. The molecule has 1 radical (unpaired) electrons. The molecule has 3 nitrogen and oxygen atoms in total. The molecule has 0 saturated carbocycles. The van der Waals surface area contributed by atoms with Gasteiger partial charge >= 0.3 is 0 Å². The molecule has 0 aromatic heterocycles. The molecule has 0 aromatic rings. The summed E-state index contributed by atoms with van der Waals surface area (Å²) in [6, 6.07) is 0. The van der Waals surface area contributed by atoms with E-state index in [4.69, 9.17) is 5.73 Å². The standard InChI is InChI=1S/C6H14NO2S/c1-3-4-5-10(8,9)6(2)7/h6H,2-5,7H2,1H3. The summed E-state index contributed by atoms with van der Waals surface area (Å²) in [5, 5.41) is -0.959. The van der Waals surface area contributed by atoms with Gasteiger partial charge < -0.3 is 5.73 Å². The monoisotopic (exact) mass is 164 g/mol. The van der Waals surface area contributed by atoms with Gasteiger partial charge in [-0.15, -0.1) is 0 Å². The van der Waals surface area contributed by atoms with Crippen LogP contribution >= 0.6 is 0 Å². The van der Waals surface area contributed by atoms with Crippen LogP contribution in [-0.2, 0) is 9.84 Å². The lowest BCUT2D eigenvalue weighted by Crippen LogP contribution is -2.29. The van der Waals surface area contributed by atoms with Crippen LogP contribution < -0.4 is 5.73 Å². The number of rotatable bonds is 4. The Morgan fingerprint density at radius 1 is 1.60 bits per heavy atom. The van der Waals surface area contributed by atoms with E-state index in [9.17, 15) is 8.42 Å². The number of hydrogen-bond donors (Lipinski definition) is 1. The molecule has 0 spiro atoms. The van der Waals surface area contributed by atoms with Crippen molar-refractivity contribution >= 4 is 9.84 Å². The van der Waals surface area contributed by atoms with Crippen LogP contribution in [0.15, 0.2) is 0 Å². The van der Waals surface area contributed by atoms with Crippen LogP contribution in [0.4, 0.5) is 0 Å². The summed E-state index contributed by atoms with van der Waals surface area (Å²) >= 11 is 0. The highest BCUT2D eigenvalue weighted by Crippen LogP contribution is 1.99. The van der Waals surface area contributed by atoms with Gasteiger partial charge in [-0.3, -0.25) is 0 Å². The first-order valence-corrected chi connectivity index (χ1v) is 5.02. The summed E-state index contributed by atoms with van der Waals surface area (Å²) in [6.07, 6.45) is 1.54. The average Bonchev–Trinajstić information content (AvgIpc) is 1.84. The summed E-state index contributed by atoms with van der Waals surface area (Å²) in [6.45, 7) is 5.19. The molecule has 4 heteroatoms. The molecule has 0 saturated heterocycles. The summed E-state index contributed by atoms with van der Waals surface area (Å²) in [5.41, 5.74) is 5.11. The van der Waals surface area contributed by atoms with Crippen molar-refractivity contribution in [3.63, 3.8) is 0 Å². The lowest BCUT2D eigenvalue weighted by molar-refractivity contribution is 0.586. The van der Waals surface area contributed by atoms with Crippen LogP contribution in [0.3, 0.4) is 0 Å². The molecule has 0 aromatic carbocycles. The minimum absolute atomic E-state index is 0.161. The molecule has 0 aliphatic carbocycles. The Balaban J connectivity index is 3.90. The van der Waals surface area contributed by atoms with Gasteiger partial charge in [-0.2, -0.15) is 0 Å². The Bertz CT molecular complexity index is 172. The Morgan fingerprint density at radius 3 is 2.40 bits per heavy atom. The molecule has 0 rings (SSSR count). The molecule has 0 aliphatic rings. The van der Waals surface area contributed by atoms with E-state index in [0.29, 0.717) is 6.42 Å². The molecule has 10 heavy (non-hydrogen) atoms. The Morgan fingerprint density at radius 2 is 2.10 bits per heavy atom. The molecule has 1 unspecified atom stereocenters. The van der Waals surface area contributed by atoms with E-state index in [0.717, 1.165) is 6.42 Å². The summed E-state index contributed by atoms with van der Waals surface area (Å²) in [5.74, 6) is 0.161. The van der Waals surface area contributed by atoms with Crippen molar-refractivity contribution in [3.8, 4) is 0 Å². The fraction of sp³-hybridized carbons (Fsp3) is 0.833. The van der Waals surface area contributed by atoms with E-state index >= 15 is 0 Å². The summed E-state index contributed by atoms with van der Waals surface area (Å²) < 4.78 is 21.8. The first-order valence-electron chi connectivity index (χ1n) is 3.31. The van der Waals surface area contributed by atoms with E-state index in [1.165, 1.54) is 0 Å². The SMILES string of the molecule is [CH2]C(N)S(=O)(=O)CCCC. The first-order chi connectivity index (χ1) is 4.50. The van der Waals surface area contributed by atoms with Crippen LogP contribution in [0.25, 0.3) is 0 Å². The highest BCUT2D eigenvalue weighted by molar-refractivity contribution is 7.92. The highest BCUT2D eigenvalue weighted by Gasteiger charge is 2.14. The van der Waals surface area contributed by atoms with Crippen molar-refractivity contribution in [2.75, 3.05) is 5.75 Å². The lowest BCUT2D eigenvalue weighted by Gasteiger charge is -2.05. The van der Waals surface area contributed by atoms with Crippen molar-refractivity contribution in [2.45, 2.75) is 25.1 Å². The predicted molar refractivity (Wildman–Crippen MR) is 42.0 cm³/mol. The zero-order chi connectivity index (χ0) is 8.20. The van der Waals surface area contributed by atoms with E-state index in [-0.39, 0.29) is 5.75 Å². The minimum Gasteiger partial charge on any atom is -0.315 e. The average molecular weight is 164 g/mol. The number of hydrogen-bond acceptors (Lipinski definition) is 3. The van der Waals surface area contributed by atoms with Gasteiger partial charge in [-0.1, -0.05) is 13.3 Å². The number of sulfone groups is 1. The maximum absolute atomic E-state index is 10.9. The molecular weight excluding hydrogens is 150 g/mol. The van der Waals surface area contributed by atoms with Gasteiger partial charge in [0.2, 0.25) is 0 Å². The predicted octanol–water partition coefficient (Wildman–Crippen LogP) is 0.320. The minimum atomic E-state index is -3.09. The Labute approximate surface area is 62.5 Å². The third kappa shape index (κ3) is 3.17. The van der Waals surface area contributed by atoms with E-state index in [1.54, 1.807) is 0 Å². The van der Waals surface area contributed by atoms with Crippen molar-refractivity contribution < 1.29 is 8.42 Å². The molecule has 61 valence electrons. The van der Waals surface area contributed by atoms with Gasteiger partial charge in [0.25, 0.3) is 0 Å². The zero-order valence-electron chi connectivity index (χ0n) is 6.21. The smallest absolute Gasteiger partial charge is 0.165 e. The molecule has 0 amide bonds. The maximum atomic E-state index is 10.9. The molecule has 0 fully saturated rings. The third-order valence-electron chi connectivity index (χ3n) is 1.24. The maximum Gasteiger partial charge on any atom is 0.165 e. The second-order valence-corrected chi connectivity index (χ2v) is 4.60. The largest absolute Gasteiger partial charge is 0.315 e. The summed E-state index contributed by atoms with van der Waals surface area (Å²) in [4.78, 5) is 0. The van der Waals surface area contributed by atoms with Crippen molar-refractivity contribution in [2.24, 2.45) is 5.73 Å². The van der Waals surface area contributed by atoms with Gasteiger partial charge in [0, 0.05) is 0 Å². The fourth-order valence-electron chi connectivity index (χ4n) is 0.497. The van der Waals surface area contributed by atoms with Gasteiger partial charge in [0.15, 0.2) is 9.84 Å². The quantitative estimate of drug-likeness (QED) is 0.651. The topological polar surface area (TPSA) is 60.2 Å². The Hall–Kier alpha value is -0.0900. The van der Waals surface area contributed by atoms with Gasteiger partial charge in [0.1, 0.15) is 5.37 Å². The molecule has 1 atom stereocenters. The fourth-order valence-corrected chi connectivity index (χ4v) is 1.49. The van der Waals surface area contributed by atoms with Crippen LogP contribution in [0.2, 0.25) is 0 Å². The zero-order valence-corrected chi connectivity index (χ0v) is 7.02. The summed E-state index contributed by atoms with van der Waals surface area (Å²) in [7, 11) is -3.09. The number of unbranched alkanes of at least 4 members (excludes halogenated alkanes) is 1. The van der Waals surface area contributed by atoms with Crippen LogP contribution in [-0.4, -0.2) is 19.5 Å². The van der Waals surface area contributed by atoms with E-state index in [2.05, 4.69) is 6.92 Å². The van der Waals surface area contributed by atoms with Gasteiger partial charge in [-0.05, 0) is 13.3 Å². The van der Waals surface area contributed by atoms with E-state index < -0.39 is 15.2 Å². The molecule has 0 heterocycles. The van der Waals surface area contributed by atoms with Gasteiger partial charge in [0.05, 0.1) is 5.75 Å². The second-order valence-electron chi connectivity index (χ2n) is 2.26. The van der Waals surface area contributed by atoms with Crippen LogP contribution in [0.1, 0.15) is 19.8 Å². The third-order valence-corrected chi connectivity index (χ3v) is 3.02. The van der Waals surface area contributed by atoms with Crippen LogP contribution in [0.5, 0.6) is 0 Å². The highest BCUT2D eigenvalue weighted by atomic mass is 32.2. The van der Waals surface area contributed by atoms with Gasteiger partial charge in [-0.25, -0.2) is 8.42 Å². The molecule has 2 N–H and O–H groups in total. The lowest BCUT2D eigenvalue weighted by atomic mass is 10.4.